The molecule has 0 aliphatic carbocycles. The lowest BCUT2D eigenvalue weighted by Gasteiger charge is -1.98. The maximum Gasteiger partial charge on any atom is 0.303 e. The van der Waals surface area contributed by atoms with E-state index in [4.69, 9.17) is 5.11 Å². The third-order valence-corrected chi connectivity index (χ3v) is 2.56. The number of hydrogen-bond donors (Lipinski definition) is 2. The smallest absolute Gasteiger partial charge is 0.303 e. The highest BCUT2D eigenvalue weighted by molar-refractivity contribution is 5.66. The molecule has 3 heteroatoms. The quantitative estimate of drug-likeness (QED) is 0.341. The number of unbranched alkanes of at least 4 members (excludes halogenated alkanes) is 1. The SMILES string of the molecule is CCC=CCC(O)C=CC=CCC=CCCCC(=O)O. The number of allylic oxidation sites excluding steroid dienone is 6. The first-order valence-electron chi connectivity index (χ1n) is 7.20. The standard InChI is InChI=1S/C17H26O3/c1-2-3-10-13-16(18)14-11-8-6-4-5-7-9-12-15-17(19)20/h3,5-8,10-11,14,16,18H,2,4,9,12-13,15H2,1H3,(H,19,20). The lowest BCUT2D eigenvalue weighted by atomic mass is 10.2. The molecule has 0 saturated carbocycles. The summed E-state index contributed by atoms with van der Waals surface area (Å²) in [6.07, 6.45) is 19.4. The van der Waals surface area contributed by atoms with Crippen molar-refractivity contribution in [2.75, 3.05) is 0 Å². The van der Waals surface area contributed by atoms with Crippen LogP contribution in [0.2, 0.25) is 0 Å². The van der Waals surface area contributed by atoms with Crippen molar-refractivity contribution in [2.45, 2.75) is 51.6 Å². The van der Waals surface area contributed by atoms with Crippen LogP contribution in [0.3, 0.4) is 0 Å². The number of hydrogen-bond acceptors (Lipinski definition) is 2. The Bertz CT molecular complexity index is 351. The Kier molecular flexibility index (Phi) is 12.7. The van der Waals surface area contributed by atoms with Gasteiger partial charge in [-0.1, -0.05) is 55.5 Å². The first kappa shape index (κ1) is 18.4. The highest BCUT2D eigenvalue weighted by atomic mass is 16.4. The number of aliphatic hydroxyl groups is 1. The Morgan fingerprint density at radius 1 is 1.10 bits per heavy atom. The summed E-state index contributed by atoms with van der Waals surface area (Å²) in [6, 6.07) is 0. The van der Waals surface area contributed by atoms with E-state index < -0.39 is 12.1 Å². The van der Waals surface area contributed by atoms with Crippen LogP contribution in [-0.4, -0.2) is 22.3 Å². The lowest BCUT2D eigenvalue weighted by molar-refractivity contribution is -0.137. The number of aliphatic carboxylic acids is 1. The van der Waals surface area contributed by atoms with Gasteiger partial charge in [-0.2, -0.15) is 0 Å². The molecule has 0 spiro atoms. The van der Waals surface area contributed by atoms with Gasteiger partial charge in [-0.3, -0.25) is 4.79 Å². The van der Waals surface area contributed by atoms with Gasteiger partial charge in [0.2, 0.25) is 0 Å². The van der Waals surface area contributed by atoms with Gasteiger partial charge < -0.3 is 10.2 Å². The van der Waals surface area contributed by atoms with Gasteiger partial charge >= 0.3 is 5.97 Å². The van der Waals surface area contributed by atoms with Crippen molar-refractivity contribution in [3.05, 3.63) is 48.6 Å². The molecular formula is C17H26O3. The predicted molar refractivity (Wildman–Crippen MR) is 83.6 cm³/mol. The van der Waals surface area contributed by atoms with Gasteiger partial charge in [0.15, 0.2) is 0 Å². The molecule has 0 aromatic carbocycles. The molecule has 112 valence electrons. The van der Waals surface area contributed by atoms with E-state index in [1.165, 1.54) is 0 Å². The second-order valence-electron chi connectivity index (χ2n) is 4.49. The van der Waals surface area contributed by atoms with E-state index in [9.17, 15) is 9.90 Å². The van der Waals surface area contributed by atoms with E-state index in [1.807, 2.05) is 42.5 Å². The van der Waals surface area contributed by atoms with E-state index in [-0.39, 0.29) is 6.42 Å². The van der Waals surface area contributed by atoms with E-state index in [0.717, 1.165) is 19.3 Å². The second kappa shape index (κ2) is 13.8. The van der Waals surface area contributed by atoms with E-state index in [1.54, 1.807) is 6.08 Å². The third kappa shape index (κ3) is 14.5. The fraction of sp³-hybridized carbons (Fsp3) is 0.471. The summed E-state index contributed by atoms with van der Waals surface area (Å²) in [5.41, 5.74) is 0. The molecular weight excluding hydrogens is 252 g/mol. The number of carboxylic acid groups (broad SMARTS) is 1. The zero-order valence-corrected chi connectivity index (χ0v) is 12.2. The van der Waals surface area contributed by atoms with Crippen LogP contribution in [-0.2, 0) is 4.79 Å². The molecule has 3 nitrogen and oxygen atoms in total. The minimum atomic E-state index is -0.740. The molecule has 0 aliphatic rings. The summed E-state index contributed by atoms with van der Waals surface area (Å²) in [5.74, 6) is -0.740. The summed E-state index contributed by atoms with van der Waals surface area (Å²) < 4.78 is 0. The molecule has 0 aromatic heterocycles. The zero-order valence-electron chi connectivity index (χ0n) is 12.2. The molecule has 0 heterocycles. The average Bonchev–Trinajstić information content (AvgIpc) is 2.41. The van der Waals surface area contributed by atoms with Crippen molar-refractivity contribution in [1.29, 1.82) is 0 Å². The van der Waals surface area contributed by atoms with Crippen LogP contribution in [0.25, 0.3) is 0 Å². The van der Waals surface area contributed by atoms with Gasteiger partial charge in [-0.25, -0.2) is 0 Å². The average molecular weight is 278 g/mol. The van der Waals surface area contributed by atoms with Crippen LogP contribution in [0.4, 0.5) is 0 Å². The predicted octanol–water partition coefficient (Wildman–Crippen LogP) is 4.02. The summed E-state index contributed by atoms with van der Waals surface area (Å²) in [6.45, 7) is 2.07. The van der Waals surface area contributed by atoms with Gasteiger partial charge in [0.25, 0.3) is 0 Å². The topological polar surface area (TPSA) is 57.5 Å². The van der Waals surface area contributed by atoms with Crippen molar-refractivity contribution in [2.24, 2.45) is 0 Å². The van der Waals surface area contributed by atoms with Gasteiger partial charge in [-0.05, 0) is 32.1 Å². The van der Waals surface area contributed by atoms with Crippen molar-refractivity contribution in [3.8, 4) is 0 Å². The zero-order chi connectivity index (χ0) is 15.1. The van der Waals surface area contributed by atoms with E-state index >= 15 is 0 Å². The molecule has 0 aliphatic heterocycles. The van der Waals surface area contributed by atoms with Crippen LogP contribution >= 0.6 is 0 Å². The highest BCUT2D eigenvalue weighted by Gasteiger charge is 1.93. The molecule has 0 radical (unpaired) electrons. The van der Waals surface area contributed by atoms with Gasteiger partial charge in [0.05, 0.1) is 6.10 Å². The molecule has 1 unspecified atom stereocenters. The van der Waals surface area contributed by atoms with Crippen molar-refractivity contribution in [3.63, 3.8) is 0 Å². The highest BCUT2D eigenvalue weighted by Crippen LogP contribution is 1.99. The van der Waals surface area contributed by atoms with Crippen molar-refractivity contribution < 1.29 is 15.0 Å². The fourth-order valence-corrected chi connectivity index (χ4v) is 1.49. The normalized spacial score (nSPS) is 14.1. The Hall–Kier alpha value is -1.61. The first-order valence-corrected chi connectivity index (χ1v) is 7.20. The molecule has 0 saturated heterocycles. The maximum absolute atomic E-state index is 10.3. The minimum absolute atomic E-state index is 0.229. The molecule has 0 aromatic rings. The second-order valence-corrected chi connectivity index (χ2v) is 4.49. The minimum Gasteiger partial charge on any atom is -0.481 e. The molecule has 20 heavy (non-hydrogen) atoms. The van der Waals surface area contributed by atoms with Crippen LogP contribution < -0.4 is 0 Å². The Balaban J connectivity index is 3.62. The Morgan fingerprint density at radius 2 is 1.90 bits per heavy atom. The van der Waals surface area contributed by atoms with Gasteiger partial charge in [-0.15, -0.1) is 0 Å². The van der Waals surface area contributed by atoms with Crippen molar-refractivity contribution >= 4 is 5.97 Å². The van der Waals surface area contributed by atoms with Crippen LogP contribution in [0, 0.1) is 0 Å². The van der Waals surface area contributed by atoms with Crippen LogP contribution in [0.1, 0.15) is 45.4 Å². The van der Waals surface area contributed by atoms with E-state index in [0.29, 0.717) is 12.8 Å². The van der Waals surface area contributed by atoms with Crippen LogP contribution in [0.15, 0.2) is 48.6 Å². The summed E-state index contributed by atoms with van der Waals surface area (Å²) in [5, 5.41) is 18.0. The lowest BCUT2D eigenvalue weighted by Crippen LogP contribution is -1.98. The van der Waals surface area contributed by atoms with E-state index in [2.05, 4.69) is 6.92 Å². The number of aliphatic hydroxyl groups excluding tert-OH is 1. The summed E-state index contributed by atoms with van der Waals surface area (Å²) in [7, 11) is 0. The molecule has 1 atom stereocenters. The largest absolute Gasteiger partial charge is 0.481 e. The molecule has 0 fully saturated rings. The maximum atomic E-state index is 10.3. The monoisotopic (exact) mass is 278 g/mol. The Morgan fingerprint density at radius 3 is 2.60 bits per heavy atom. The summed E-state index contributed by atoms with van der Waals surface area (Å²) >= 11 is 0. The fourth-order valence-electron chi connectivity index (χ4n) is 1.49. The van der Waals surface area contributed by atoms with Crippen molar-refractivity contribution in [1.82, 2.24) is 0 Å². The Labute approximate surface area is 122 Å². The van der Waals surface area contributed by atoms with Crippen LogP contribution in [0.5, 0.6) is 0 Å². The van der Waals surface area contributed by atoms with Gasteiger partial charge in [0.1, 0.15) is 0 Å². The molecule has 0 amide bonds. The number of carboxylic acids is 1. The number of carbonyl (C=O) groups is 1. The molecule has 0 bridgehead atoms. The third-order valence-electron chi connectivity index (χ3n) is 2.56. The molecule has 2 N–H and O–H groups in total. The van der Waals surface area contributed by atoms with Gasteiger partial charge in [0, 0.05) is 6.42 Å². The summed E-state index contributed by atoms with van der Waals surface area (Å²) in [4.78, 5) is 10.3. The number of rotatable bonds is 11. The first-order chi connectivity index (χ1) is 9.66. The molecule has 0 rings (SSSR count).